The number of rotatable bonds is 0. The first-order valence-corrected chi connectivity index (χ1v) is 3.96. The molecule has 0 aliphatic carbocycles. The third-order valence-electron chi connectivity index (χ3n) is 1.08. The Balaban J connectivity index is 3.19. The van der Waals surface area contributed by atoms with Gasteiger partial charge in [0.25, 0.3) is 0 Å². The van der Waals surface area contributed by atoms with E-state index in [0.29, 0.717) is 0 Å². The molecule has 0 fully saturated rings. The fourth-order valence-corrected chi connectivity index (χ4v) is 1.49. The summed E-state index contributed by atoms with van der Waals surface area (Å²) in [5, 5.41) is 0.162. The van der Waals surface area contributed by atoms with Crippen LogP contribution in [-0.4, -0.2) is 4.98 Å². The van der Waals surface area contributed by atoms with E-state index in [1.807, 2.05) is 0 Å². The summed E-state index contributed by atoms with van der Waals surface area (Å²) in [6.07, 6.45) is -3.49. The second kappa shape index (κ2) is 3.22. The van der Waals surface area contributed by atoms with Gasteiger partial charge < -0.3 is 0 Å². The number of nitrogens with zero attached hydrogens (tertiary/aromatic N) is 1. The average molecular weight is 260 g/mol. The average Bonchev–Trinajstić information content (AvgIpc) is 1.83. The van der Waals surface area contributed by atoms with Gasteiger partial charge in [-0.25, -0.2) is 4.98 Å². The van der Waals surface area contributed by atoms with Crippen molar-refractivity contribution >= 4 is 27.5 Å². The highest BCUT2D eigenvalue weighted by molar-refractivity contribution is 9.10. The maximum atomic E-state index is 12.0. The largest absolute Gasteiger partial charge is 0.434 e. The second-order valence-corrected chi connectivity index (χ2v) is 3.27. The Hall–Kier alpha value is -0.290. The maximum absolute atomic E-state index is 12.0. The highest BCUT2D eigenvalue weighted by Gasteiger charge is 2.34. The standard InChI is InChI=1S/C6H2BrClF3N/c7-4-1-3(8)2-12-5(4)6(9,10)11/h1-2H. The molecule has 6 heteroatoms. The van der Waals surface area contributed by atoms with E-state index >= 15 is 0 Å². The molecule has 1 heterocycles. The predicted octanol–water partition coefficient (Wildman–Crippen LogP) is 3.52. The Bertz CT molecular complexity index is 299. The zero-order valence-electron chi connectivity index (χ0n) is 5.49. The van der Waals surface area contributed by atoms with Gasteiger partial charge in [0.15, 0.2) is 5.69 Å². The number of halogens is 5. The van der Waals surface area contributed by atoms with Crippen molar-refractivity contribution in [1.29, 1.82) is 0 Å². The molecule has 1 aromatic heterocycles. The van der Waals surface area contributed by atoms with Gasteiger partial charge >= 0.3 is 6.18 Å². The first-order valence-electron chi connectivity index (χ1n) is 2.79. The summed E-state index contributed by atoms with van der Waals surface area (Å²) in [6.45, 7) is 0. The van der Waals surface area contributed by atoms with Crippen LogP contribution in [0.25, 0.3) is 0 Å². The summed E-state index contributed by atoms with van der Waals surface area (Å²) in [7, 11) is 0. The zero-order chi connectivity index (χ0) is 9.35. The number of pyridine rings is 1. The van der Waals surface area contributed by atoms with Crippen molar-refractivity contribution in [3.63, 3.8) is 0 Å². The van der Waals surface area contributed by atoms with E-state index in [1.54, 1.807) is 0 Å². The van der Waals surface area contributed by atoms with Crippen molar-refractivity contribution < 1.29 is 13.2 Å². The molecule has 0 spiro atoms. The highest BCUT2D eigenvalue weighted by Crippen LogP contribution is 2.33. The van der Waals surface area contributed by atoms with Crippen LogP contribution >= 0.6 is 27.5 Å². The third-order valence-corrected chi connectivity index (χ3v) is 1.89. The van der Waals surface area contributed by atoms with E-state index in [1.165, 1.54) is 0 Å². The summed E-state index contributed by atoms with van der Waals surface area (Å²) in [5.74, 6) is 0. The SMILES string of the molecule is FC(F)(F)c1ncc(Cl)cc1Br. The number of aromatic nitrogens is 1. The molecule has 0 aliphatic heterocycles. The molecule has 0 saturated carbocycles. The lowest BCUT2D eigenvalue weighted by Gasteiger charge is -2.06. The van der Waals surface area contributed by atoms with Crippen LogP contribution in [0.3, 0.4) is 0 Å². The summed E-state index contributed by atoms with van der Waals surface area (Å²) >= 11 is 8.12. The van der Waals surface area contributed by atoms with Crippen molar-refractivity contribution in [1.82, 2.24) is 4.98 Å². The van der Waals surface area contributed by atoms with Gasteiger partial charge in [0.2, 0.25) is 0 Å². The Morgan fingerprint density at radius 2 is 2.00 bits per heavy atom. The molecular weight excluding hydrogens is 258 g/mol. The molecule has 0 aliphatic rings. The minimum atomic E-state index is -4.44. The highest BCUT2D eigenvalue weighted by atomic mass is 79.9. The van der Waals surface area contributed by atoms with Crippen molar-refractivity contribution in [3.05, 3.63) is 27.5 Å². The van der Waals surface area contributed by atoms with Crippen LogP contribution in [0.4, 0.5) is 13.2 Å². The normalized spacial score (nSPS) is 11.8. The van der Waals surface area contributed by atoms with Crippen LogP contribution in [-0.2, 0) is 6.18 Å². The molecule has 1 nitrogen and oxygen atoms in total. The van der Waals surface area contributed by atoms with Crippen molar-refractivity contribution in [2.75, 3.05) is 0 Å². The molecular formula is C6H2BrClF3N. The minimum Gasteiger partial charge on any atom is -0.249 e. The molecule has 0 unspecified atom stereocenters. The quantitative estimate of drug-likeness (QED) is 0.695. The van der Waals surface area contributed by atoms with Crippen molar-refractivity contribution in [3.8, 4) is 0 Å². The summed E-state index contributed by atoms with van der Waals surface area (Å²) in [5.41, 5.74) is -0.966. The number of hydrogen-bond donors (Lipinski definition) is 0. The zero-order valence-corrected chi connectivity index (χ0v) is 7.83. The van der Waals surface area contributed by atoms with Gasteiger partial charge in [0, 0.05) is 10.7 Å². The van der Waals surface area contributed by atoms with E-state index in [-0.39, 0.29) is 9.50 Å². The van der Waals surface area contributed by atoms with Crippen molar-refractivity contribution in [2.24, 2.45) is 0 Å². The molecule has 1 rings (SSSR count). The van der Waals surface area contributed by atoms with Gasteiger partial charge in [-0.3, -0.25) is 0 Å². The monoisotopic (exact) mass is 259 g/mol. The molecule has 0 N–H and O–H groups in total. The van der Waals surface area contributed by atoms with E-state index in [0.717, 1.165) is 12.3 Å². The van der Waals surface area contributed by atoms with E-state index in [4.69, 9.17) is 11.6 Å². The molecule has 0 aromatic carbocycles. The first kappa shape index (κ1) is 9.80. The Kier molecular flexibility index (Phi) is 2.63. The number of hydrogen-bond acceptors (Lipinski definition) is 1. The first-order chi connectivity index (χ1) is 5.41. The number of alkyl halides is 3. The Morgan fingerprint density at radius 1 is 1.42 bits per heavy atom. The smallest absolute Gasteiger partial charge is 0.249 e. The van der Waals surface area contributed by atoms with Crippen LogP contribution in [0, 0.1) is 0 Å². The lowest BCUT2D eigenvalue weighted by Crippen LogP contribution is -2.08. The van der Waals surface area contributed by atoms with Crippen LogP contribution in [0.2, 0.25) is 5.02 Å². The van der Waals surface area contributed by atoms with Crippen LogP contribution in [0.1, 0.15) is 5.69 Å². The maximum Gasteiger partial charge on any atom is 0.434 e. The molecule has 0 amide bonds. The predicted molar refractivity (Wildman–Crippen MR) is 41.9 cm³/mol. The molecule has 0 atom stereocenters. The Morgan fingerprint density at radius 3 is 2.42 bits per heavy atom. The third kappa shape index (κ3) is 2.10. The van der Waals surface area contributed by atoms with E-state index < -0.39 is 11.9 Å². The Labute approximate surface area is 79.7 Å². The van der Waals surface area contributed by atoms with Crippen LogP contribution in [0.15, 0.2) is 16.7 Å². The second-order valence-electron chi connectivity index (χ2n) is 1.98. The molecule has 0 saturated heterocycles. The minimum absolute atomic E-state index is 0.150. The lowest BCUT2D eigenvalue weighted by molar-refractivity contribution is -0.141. The summed E-state index contributed by atoms with van der Waals surface area (Å²) in [4.78, 5) is 3.15. The van der Waals surface area contributed by atoms with E-state index in [2.05, 4.69) is 20.9 Å². The van der Waals surface area contributed by atoms with E-state index in [9.17, 15) is 13.2 Å². The topological polar surface area (TPSA) is 12.9 Å². The van der Waals surface area contributed by atoms with Gasteiger partial charge in [-0.15, -0.1) is 0 Å². The van der Waals surface area contributed by atoms with Gasteiger partial charge in [0.05, 0.1) is 5.02 Å². The lowest BCUT2D eigenvalue weighted by atomic mass is 10.3. The fraction of sp³-hybridized carbons (Fsp3) is 0.167. The summed E-state index contributed by atoms with van der Waals surface area (Å²) in [6, 6.07) is 1.15. The molecule has 12 heavy (non-hydrogen) atoms. The summed E-state index contributed by atoms with van der Waals surface area (Å²) < 4.78 is 36.0. The van der Waals surface area contributed by atoms with Gasteiger partial charge in [0.1, 0.15) is 0 Å². The molecule has 1 aromatic rings. The van der Waals surface area contributed by atoms with Crippen LogP contribution in [0.5, 0.6) is 0 Å². The van der Waals surface area contributed by atoms with Gasteiger partial charge in [-0.2, -0.15) is 13.2 Å². The van der Waals surface area contributed by atoms with Gasteiger partial charge in [-0.05, 0) is 22.0 Å². The fourth-order valence-electron chi connectivity index (χ4n) is 0.623. The molecule has 0 radical (unpaired) electrons. The van der Waals surface area contributed by atoms with Crippen LogP contribution < -0.4 is 0 Å². The molecule has 66 valence electrons. The van der Waals surface area contributed by atoms with Gasteiger partial charge in [-0.1, -0.05) is 11.6 Å². The molecule has 0 bridgehead atoms. The van der Waals surface area contributed by atoms with Crippen molar-refractivity contribution in [2.45, 2.75) is 6.18 Å².